The highest BCUT2D eigenvalue weighted by molar-refractivity contribution is 8.00. The Morgan fingerprint density at radius 1 is 0.867 bits per heavy atom. The largest absolute Gasteiger partial charge is 0.493 e. The van der Waals surface area contributed by atoms with Crippen LogP contribution in [-0.4, -0.2) is 31.7 Å². The molecule has 3 aromatic carbocycles. The van der Waals surface area contributed by atoms with E-state index in [9.17, 15) is 9.59 Å². The highest BCUT2D eigenvalue weighted by Crippen LogP contribution is 2.28. The van der Waals surface area contributed by atoms with E-state index >= 15 is 0 Å². The molecule has 0 saturated heterocycles. The second kappa shape index (κ2) is 9.98. The van der Waals surface area contributed by atoms with Crippen LogP contribution in [0.4, 0.5) is 5.69 Å². The van der Waals surface area contributed by atoms with Crippen molar-refractivity contribution in [1.29, 1.82) is 0 Å². The number of rotatable bonds is 8. The van der Waals surface area contributed by atoms with E-state index in [4.69, 9.17) is 9.47 Å². The van der Waals surface area contributed by atoms with Crippen molar-refractivity contribution in [3.63, 3.8) is 0 Å². The van der Waals surface area contributed by atoms with E-state index in [0.29, 0.717) is 34.1 Å². The van der Waals surface area contributed by atoms with Crippen LogP contribution in [0.2, 0.25) is 0 Å². The molecule has 0 bridgehead atoms. The lowest BCUT2D eigenvalue weighted by Crippen LogP contribution is -2.12. The van der Waals surface area contributed by atoms with Crippen LogP contribution in [0, 0.1) is 6.92 Å². The SMILES string of the molecule is COc1ccc(C(=O)Nc2cccc(SCC(=O)c3ccc(C)cc3)c2)cc1OC. The molecule has 0 aliphatic carbocycles. The highest BCUT2D eigenvalue weighted by atomic mass is 32.2. The molecule has 6 heteroatoms. The lowest BCUT2D eigenvalue weighted by Gasteiger charge is -2.10. The smallest absolute Gasteiger partial charge is 0.255 e. The average molecular weight is 422 g/mol. The maximum atomic E-state index is 12.6. The van der Waals surface area contributed by atoms with E-state index < -0.39 is 0 Å². The Morgan fingerprint density at radius 2 is 1.57 bits per heavy atom. The van der Waals surface area contributed by atoms with Crippen LogP contribution in [0.3, 0.4) is 0 Å². The molecule has 1 N–H and O–H groups in total. The van der Waals surface area contributed by atoms with Crippen molar-refractivity contribution in [3.05, 3.63) is 83.4 Å². The van der Waals surface area contributed by atoms with Gasteiger partial charge in [0.05, 0.1) is 20.0 Å². The van der Waals surface area contributed by atoms with Crippen molar-refractivity contribution in [3.8, 4) is 11.5 Å². The zero-order valence-electron chi connectivity index (χ0n) is 17.1. The number of hydrogen-bond donors (Lipinski definition) is 1. The van der Waals surface area contributed by atoms with Crippen molar-refractivity contribution < 1.29 is 19.1 Å². The highest BCUT2D eigenvalue weighted by Gasteiger charge is 2.12. The molecule has 0 saturated carbocycles. The van der Waals surface area contributed by atoms with Gasteiger partial charge >= 0.3 is 0 Å². The van der Waals surface area contributed by atoms with Crippen LogP contribution < -0.4 is 14.8 Å². The molecule has 0 aliphatic rings. The Morgan fingerprint density at radius 3 is 2.27 bits per heavy atom. The molecule has 154 valence electrons. The minimum absolute atomic E-state index is 0.0692. The van der Waals surface area contributed by atoms with Crippen molar-refractivity contribution >= 4 is 29.1 Å². The van der Waals surface area contributed by atoms with Crippen LogP contribution in [0.5, 0.6) is 11.5 Å². The summed E-state index contributed by atoms with van der Waals surface area (Å²) in [6.07, 6.45) is 0. The van der Waals surface area contributed by atoms with Gasteiger partial charge in [-0.05, 0) is 43.3 Å². The maximum absolute atomic E-state index is 12.6. The fourth-order valence-corrected chi connectivity index (χ4v) is 3.67. The molecule has 30 heavy (non-hydrogen) atoms. The molecule has 0 heterocycles. The van der Waals surface area contributed by atoms with Gasteiger partial charge in [0.1, 0.15) is 0 Å². The summed E-state index contributed by atoms with van der Waals surface area (Å²) in [5, 5.41) is 2.88. The summed E-state index contributed by atoms with van der Waals surface area (Å²) in [6, 6.07) is 20.0. The van der Waals surface area contributed by atoms with Crippen molar-refractivity contribution in [2.75, 3.05) is 25.3 Å². The van der Waals surface area contributed by atoms with E-state index in [-0.39, 0.29) is 11.7 Å². The number of thioether (sulfide) groups is 1. The molecule has 5 nitrogen and oxygen atoms in total. The Bertz CT molecular complexity index is 1050. The van der Waals surface area contributed by atoms with Gasteiger partial charge in [-0.15, -0.1) is 11.8 Å². The number of hydrogen-bond acceptors (Lipinski definition) is 5. The molecule has 1 amide bonds. The van der Waals surface area contributed by atoms with Crippen LogP contribution in [0.25, 0.3) is 0 Å². The summed E-state index contributed by atoms with van der Waals surface area (Å²) in [6.45, 7) is 1.99. The Labute approximate surface area is 180 Å². The fraction of sp³-hybridized carbons (Fsp3) is 0.167. The zero-order valence-corrected chi connectivity index (χ0v) is 17.9. The molecular weight excluding hydrogens is 398 g/mol. The van der Waals surface area contributed by atoms with Crippen molar-refractivity contribution in [2.45, 2.75) is 11.8 Å². The van der Waals surface area contributed by atoms with Gasteiger partial charge in [0.15, 0.2) is 17.3 Å². The first-order valence-electron chi connectivity index (χ1n) is 9.36. The third-order valence-electron chi connectivity index (χ3n) is 4.48. The number of anilines is 1. The Kier molecular flexibility index (Phi) is 7.14. The van der Waals surface area contributed by atoms with Crippen LogP contribution >= 0.6 is 11.8 Å². The van der Waals surface area contributed by atoms with Gasteiger partial charge in [0.2, 0.25) is 0 Å². The summed E-state index contributed by atoms with van der Waals surface area (Å²) in [4.78, 5) is 25.9. The summed E-state index contributed by atoms with van der Waals surface area (Å²) < 4.78 is 10.5. The number of ether oxygens (including phenoxy) is 2. The number of methoxy groups -OCH3 is 2. The minimum Gasteiger partial charge on any atom is -0.493 e. The second-order valence-corrected chi connectivity index (χ2v) is 7.68. The molecule has 0 unspecified atom stereocenters. The molecule has 0 aromatic heterocycles. The van der Waals surface area contributed by atoms with Gasteiger partial charge in [0.25, 0.3) is 5.91 Å². The fourth-order valence-electron chi connectivity index (χ4n) is 2.82. The third-order valence-corrected chi connectivity index (χ3v) is 5.47. The standard InChI is InChI=1S/C24H23NO4S/c1-16-7-9-17(10-8-16)21(26)15-30-20-6-4-5-19(14-20)25-24(27)18-11-12-22(28-2)23(13-18)29-3/h4-14H,15H2,1-3H3,(H,25,27). The lowest BCUT2D eigenvalue weighted by molar-refractivity contribution is 0.101. The molecule has 0 atom stereocenters. The van der Waals surface area contributed by atoms with Gasteiger partial charge in [-0.1, -0.05) is 35.9 Å². The quantitative estimate of drug-likeness (QED) is 0.398. The monoisotopic (exact) mass is 421 g/mol. The van der Waals surface area contributed by atoms with Gasteiger partial charge in [0, 0.05) is 21.7 Å². The van der Waals surface area contributed by atoms with Gasteiger partial charge in [-0.2, -0.15) is 0 Å². The summed E-state index contributed by atoms with van der Waals surface area (Å²) in [7, 11) is 3.07. The van der Waals surface area contributed by atoms with E-state index in [2.05, 4.69) is 5.32 Å². The third kappa shape index (κ3) is 5.42. The first-order chi connectivity index (χ1) is 14.5. The topological polar surface area (TPSA) is 64.6 Å². The summed E-state index contributed by atoms with van der Waals surface area (Å²) >= 11 is 1.44. The van der Waals surface area contributed by atoms with Crippen molar-refractivity contribution in [2.24, 2.45) is 0 Å². The van der Waals surface area contributed by atoms with E-state index in [1.54, 1.807) is 25.3 Å². The molecule has 0 fully saturated rings. The number of nitrogens with one attached hydrogen (secondary N) is 1. The van der Waals surface area contributed by atoms with Crippen LogP contribution in [-0.2, 0) is 0 Å². The van der Waals surface area contributed by atoms with E-state index in [1.165, 1.54) is 18.9 Å². The van der Waals surface area contributed by atoms with Gasteiger partial charge in [-0.25, -0.2) is 0 Å². The number of amides is 1. The predicted octanol–water partition coefficient (Wildman–Crippen LogP) is 5.24. The normalized spacial score (nSPS) is 10.4. The number of aryl methyl sites for hydroxylation is 1. The summed E-state index contributed by atoms with van der Waals surface area (Å²) in [5.74, 6) is 1.19. The number of carbonyl (C=O) groups excluding carboxylic acids is 2. The first kappa shape index (κ1) is 21.5. The molecule has 3 aromatic rings. The Hall–Kier alpha value is -3.25. The minimum atomic E-state index is -0.256. The van der Waals surface area contributed by atoms with E-state index in [0.717, 1.165) is 10.5 Å². The van der Waals surface area contributed by atoms with Gasteiger partial charge < -0.3 is 14.8 Å². The predicted molar refractivity (Wildman–Crippen MR) is 120 cm³/mol. The summed E-state index contributed by atoms with van der Waals surface area (Å²) in [5.41, 5.74) is 2.94. The number of Topliss-reactive ketones (excluding diaryl/α,β-unsaturated/α-hetero) is 1. The second-order valence-electron chi connectivity index (χ2n) is 6.63. The van der Waals surface area contributed by atoms with Crippen molar-refractivity contribution in [1.82, 2.24) is 0 Å². The average Bonchev–Trinajstić information content (AvgIpc) is 2.77. The molecule has 3 rings (SSSR count). The van der Waals surface area contributed by atoms with Crippen LogP contribution in [0.15, 0.2) is 71.6 Å². The molecule has 0 aliphatic heterocycles. The van der Waals surface area contributed by atoms with E-state index in [1.807, 2.05) is 55.5 Å². The lowest BCUT2D eigenvalue weighted by atomic mass is 10.1. The Balaban J connectivity index is 1.64. The maximum Gasteiger partial charge on any atom is 0.255 e. The number of carbonyl (C=O) groups is 2. The molecular formula is C24H23NO4S. The van der Waals surface area contributed by atoms with Crippen LogP contribution in [0.1, 0.15) is 26.3 Å². The number of benzene rings is 3. The molecule has 0 radical (unpaired) electrons. The first-order valence-corrected chi connectivity index (χ1v) is 10.3. The van der Waals surface area contributed by atoms with Gasteiger partial charge in [-0.3, -0.25) is 9.59 Å². The molecule has 0 spiro atoms. The zero-order chi connectivity index (χ0) is 21.5. The number of ketones is 1.